The summed E-state index contributed by atoms with van der Waals surface area (Å²) in [5, 5.41) is 0. The maximum absolute atomic E-state index is 8.22. The third kappa shape index (κ3) is 38.1. The summed E-state index contributed by atoms with van der Waals surface area (Å²) in [5.41, 5.74) is 0. The third-order valence-electron chi connectivity index (χ3n) is 0. The molecule has 0 aliphatic carbocycles. The second-order valence-corrected chi connectivity index (χ2v) is 0. The smallest absolute Gasteiger partial charge is 0 e. The van der Waals surface area contributed by atoms with Gasteiger partial charge in [-0.15, -0.1) is 0 Å². The van der Waals surface area contributed by atoms with Gasteiger partial charge in [-0.05, 0) is 0 Å². The average molecular weight is 540 g/mol. The van der Waals surface area contributed by atoms with Crippen molar-refractivity contribution in [3.8, 4) is 0 Å². The van der Waals surface area contributed by atoms with E-state index in [4.69, 9.17) is 7.29 Å². The van der Waals surface area contributed by atoms with Crippen LogP contribution in [0.5, 0.6) is 0 Å². The van der Waals surface area contributed by atoms with Crippen LogP contribution in [0.1, 0.15) is 0 Å². The number of rotatable bonds is 0. The molecular formula is Ni2O2Pt2. The Bertz CT molecular complexity index is 11.5. The molecule has 2 nitrogen and oxygen atoms in total. The first-order valence-electron chi connectivity index (χ1n) is 0.258. The van der Waals surface area contributed by atoms with E-state index in [1.165, 1.54) is 0 Å². The van der Waals surface area contributed by atoms with Crippen molar-refractivity contribution < 1.29 is 80.0 Å². The normalized spacial score (nSPS) is 2.00. The number of hydrogen-bond donors (Lipinski definition) is 0. The summed E-state index contributed by atoms with van der Waals surface area (Å²) < 4.78 is 16.1. The van der Waals surface area contributed by atoms with Crippen LogP contribution in [-0.4, -0.2) is 0 Å². The Labute approximate surface area is 79.2 Å². The van der Waals surface area contributed by atoms with Crippen LogP contribution in [0.4, 0.5) is 0 Å². The minimum atomic E-state index is 0. The maximum atomic E-state index is 8.22. The SMILES string of the molecule is [Ni].[O]=[Ni].[O]=[Pt].[Pt]. The molecule has 0 N–H and O–H groups in total. The van der Waals surface area contributed by atoms with Gasteiger partial charge in [-0.3, -0.25) is 0 Å². The minimum Gasteiger partial charge on any atom is 0 e. The van der Waals surface area contributed by atoms with Crippen molar-refractivity contribution in [1.29, 1.82) is 0 Å². The van der Waals surface area contributed by atoms with Crippen molar-refractivity contribution >= 4 is 0 Å². The zero-order valence-electron chi connectivity index (χ0n) is 2.08. The summed E-state index contributed by atoms with van der Waals surface area (Å²) in [4.78, 5) is 0. The van der Waals surface area contributed by atoms with Gasteiger partial charge < -0.3 is 0 Å². The van der Waals surface area contributed by atoms with E-state index < -0.39 is 0 Å². The predicted molar refractivity (Wildman–Crippen MR) is 1.37 cm³/mol. The maximum Gasteiger partial charge on any atom is 0 e. The van der Waals surface area contributed by atoms with Gasteiger partial charge in [0.25, 0.3) is 0 Å². The molecule has 0 aromatic heterocycles. The molecule has 0 rings (SSSR count). The molecule has 6 heavy (non-hydrogen) atoms. The second kappa shape index (κ2) is 64.2. The van der Waals surface area contributed by atoms with Gasteiger partial charge >= 0.3 is 42.5 Å². The van der Waals surface area contributed by atoms with Gasteiger partial charge in [-0.2, -0.15) is 0 Å². The van der Waals surface area contributed by atoms with E-state index in [1.807, 2.05) is 0 Å². The largest absolute Gasteiger partial charge is 0 e. The zero-order valence-corrected chi connectivity index (χ0v) is 8.60. The van der Waals surface area contributed by atoms with E-state index in [1.54, 1.807) is 0 Å². The molecule has 0 atom stereocenters. The van der Waals surface area contributed by atoms with Gasteiger partial charge in [0.15, 0.2) is 0 Å². The Morgan fingerprint density at radius 3 is 1.17 bits per heavy atom. The van der Waals surface area contributed by atoms with Crippen molar-refractivity contribution in [3.05, 3.63) is 0 Å². The van der Waals surface area contributed by atoms with E-state index in [-0.39, 0.29) is 37.6 Å². The molecule has 0 spiro atoms. The van der Waals surface area contributed by atoms with E-state index in [0.717, 1.165) is 19.8 Å². The van der Waals surface area contributed by atoms with Crippen molar-refractivity contribution in [3.63, 3.8) is 0 Å². The Morgan fingerprint density at radius 2 is 1.17 bits per heavy atom. The Hall–Kier alpha value is 1.96. The van der Waals surface area contributed by atoms with Crippen LogP contribution in [0.3, 0.4) is 0 Å². The Balaban J connectivity index is -0.00000000500. The second-order valence-electron chi connectivity index (χ2n) is 0. The molecule has 0 heterocycles. The van der Waals surface area contributed by atoms with E-state index in [9.17, 15) is 0 Å². The van der Waals surface area contributed by atoms with Crippen LogP contribution in [-0.2, 0) is 80.0 Å². The van der Waals surface area contributed by atoms with Crippen molar-refractivity contribution in [2.24, 2.45) is 0 Å². The van der Waals surface area contributed by atoms with E-state index >= 15 is 0 Å². The summed E-state index contributed by atoms with van der Waals surface area (Å²) in [5.74, 6) is 0. The fraction of sp³-hybridized carbons (Fsp3) is 0. The van der Waals surface area contributed by atoms with Crippen LogP contribution < -0.4 is 0 Å². The van der Waals surface area contributed by atoms with Gasteiger partial charge in [-0.25, -0.2) is 0 Å². The molecule has 0 saturated carbocycles. The van der Waals surface area contributed by atoms with Crippen LogP contribution in [0.2, 0.25) is 0 Å². The molecule has 0 fully saturated rings. The molecule has 0 unspecified atom stereocenters. The van der Waals surface area contributed by atoms with Gasteiger partial charge in [0.2, 0.25) is 0 Å². The standard InChI is InChI=1S/2Ni.2O.2Pt. The van der Waals surface area contributed by atoms with E-state index in [2.05, 4.69) is 15.4 Å². The molecule has 0 aliphatic heterocycles. The van der Waals surface area contributed by atoms with Crippen molar-refractivity contribution in [2.75, 3.05) is 0 Å². The molecule has 6 heteroatoms. The Morgan fingerprint density at radius 1 is 1.17 bits per heavy atom. The van der Waals surface area contributed by atoms with Crippen molar-refractivity contribution in [2.45, 2.75) is 0 Å². The van der Waals surface area contributed by atoms with Crippen LogP contribution >= 0.6 is 0 Å². The minimum absolute atomic E-state index is 0. The average Bonchev–Trinajstić information content (AvgIpc) is 1.50. The summed E-state index contributed by atoms with van der Waals surface area (Å²) >= 11 is 3.51. The molecule has 0 aliphatic rings. The van der Waals surface area contributed by atoms with Crippen molar-refractivity contribution in [1.82, 2.24) is 0 Å². The molecule has 0 amide bonds. The zero-order chi connectivity index (χ0) is 4.00. The molecular weight excluding hydrogens is 540 g/mol. The first-order valence-corrected chi connectivity index (χ1v) is 1.59. The van der Waals surface area contributed by atoms with Gasteiger partial charge in [-0.1, -0.05) is 0 Å². The predicted octanol–water partition coefficient (Wildman–Crippen LogP) is -0.248. The summed E-state index contributed by atoms with van der Waals surface area (Å²) in [7, 11) is 0. The number of hydrogen-bond acceptors (Lipinski definition) is 2. The third-order valence-corrected chi connectivity index (χ3v) is 0. The quantitative estimate of drug-likeness (QED) is 0.399. The van der Waals surface area contributed by atoms with Gasteiger partial charge in [0.1, 0.15) is 0 Å². The topological polar surface area (TPSA) is 34.1 Å². The summed E-state index contributed by atoms with van der Waals surface area (Å²) in [6, 6.07) is 0. The van der Waals surface area contributed by atoms with Gasteiger partial charge in [0.05, 0.1) is 0 Å². The molecule has 0 aromatic carbocycles. The summed E-state index contributed by atoms with van der Waals surface area (Å²) in [6.45, 7) is 0. The summed E-state index contributed by atoms with van der Waals surface area (Å²) in [6.07, 6.45) is 0. The molecule has 0 radical (unpaired) electrons. The molecule has 52 valence electrons. The first-order chi connectivity index (χ1) is 2.00. The Kier molecular flexibility index (Phi) is 263. The van der Waals surface area contributed by atoms with E-state index in [0.29, 0.717) is 0 Å². The fourth-order valence-corrected chi connectivity index (χ4v) is 0. The first kappa shape index (κ1) is 24.6. The van der Waals surface area contributed by atoms with Crippen LogP contribution in [0.15, 0.2) is 0 Å². The fourth-order valence-electron chi connectivity index (χ4n) is 0. The van der Waals surface area contributed by atoms with Crippen LogP contribution in [0, 0.1) is 0 Å². The van der Waals surface area contributed by atoms with Gasteiger partial charge in [0, 0.05) is 37.6 Å². The molecule has 0 saturated heterocycles. The monoisotopic (exact) mass is 538 g/mol. The van der Waals surface area contributed by atoms with Crippen LogP contribution in [0.25, 0.3) is 0 Å². The molecule has 0 bridgehead atoms. The molecule has 0 aromatic rings.